The van der Waals surface area contributed by atoms with Crippen LogP contribution in [0.4, 0.5) is 13.2 Å². The van der Waals surface area contributed by atoms with Crippen molar-refractivity contribution in [1.29, 1.82) is 5.26 Å². The largest absolute Gasteiger partial charge is 0.415 e. The van der Waals surface area contributed by atoms with E-state index < -0.39 is 18.7 Å². The maximum atomic E-state index is 12.9. The van der Waals surface area contributed by atoms with Gasteiger partial charge in [0.05, 0.1) is 30.0 Å². The number of halogens is 3. The fourth-order valence-electron chi connectivity index (χ4n) is 4.26. The van der Waals surface area contributed by atoms with E-state index in [1.807, 2.05) is 6.07 Å². The Bertz CT molecular complexity index is 1140. The van der Waals surface area contributed by atoms with Gasteiger partial charge in [0.25, 0.3) is 0 Å². The smallest absolute Gasteiger partial charge is 0.367 e. The zero-order chi connectivity index (χ0) is 21.3. The highest BCUT2D eigenvalue weighted by molar-refractivity contribution is 6.02. The van der Waals surface area contributed by atoms with Crippen molar-refractivity contribution in [2.45, 2.75) is 50.4 Å². The highest BCUT2D eigenvalue weighted by Crippen LogP contribution is 2.36. The summed E-state index contributed by atoms with van der Waals surface area (Å²) < 4.78 is 45.9. The van der Waals surface area contributed by atoms with Gasteiger partial charge in [-0.05, 0) is 37.7 Å². The Morgan fingerprint density at radius 1 is 1.27 bits per heavy atom. The Morgan fingerprint density at radius 3 is 2.73 bits per heavy atom. The molecule has 0 aromatic carbocycles. The molecule has 1 aliphatic carbocycles. The summed E-state index contributed by atoms with van der Waals surface area (Å²) in [5, 5.41) is 10.0. The number of aromatic amines is 1. The van der Waals surface area contributed by atoms with Crippen molar-refractivity contribution in [3.63, 3.8) is 0 Å². The number of nitrogens with zero attached hydrogens (tertiary/aromatic N) is 3. The molecule has 4 rings (SSSR count). The van der Waals surface area contributed by atoms with Crippen molar-refractivity contribution < 1.29 is 17.9 Å². The number of H-pyrrole nitrogens is 1. The van der Waals surface area contributed by atoms with Crippen LogP contribution in [0.1, 0.15) is 38.1 Å². The van der Waals surface area contributed by atoms with Gasteiger partial charge in [-0.15, -0.1) is 0 Å². The van der Waals surface area contributed by atoms with Gasteiger partial charge in [-0.1, -0.05) is 0 Å². The normalized spacial score (nSPS) is 21.0. The molecule has 0 saturated heterocycles. The van der Waals surface area contributed by atoms with Gasteiger partial charge in [-0.25, -0.2) is 4.98 Å². The number of pyridine rings is 2. The quantitative estimate of drug-likeness (QED) is 0.663. The van der Waals surface area contributed by atoms with Crippen LogP contribution in [-0.2, 0) is 4.74 Å². The van der Waals surface area contributed by atoms with Crippen molar-refractivity contribution >= 4 is 21.9 Å². The molecule has 3 aromatic heterocycles. The van der Waals surface area contributed by atoms with Gasteiger partial charge in [-0.2, -0.15) is 18.4 Å². The molecule has 158 valence electrons. The van der Waals surface area contributed by atoms with Crippen LogP contribution in [0.2, 0.25) is 0 Å². The summed E-state index contributed by atoms with van der Waals surface area (Å²) in [7, 11) is 0. The Balaban J connectivity index is 1.49. The molecule has 3 aromatic rings. The molecule has 0 amide bonds. The van der Waals surface area contributed by atoms with Crippen LogP contribution in [0.5, 0.6) is 0 Å². The number of rotatable bonds is 5. The third kappa shape index (κ3) is 3.92. The minimum absolute atomic E-state index is 0.00450. The predicted octanol–water partition coefficient (Wildman–Crippen LogP) is 4.47. The zero-order valence-electron chi connectivity index (χ0n) is 16.2. The molecule has 6 nitrogen and oxygen atoms in total. The number of nitrogens with one attached hydrogen (secondary N) is 1. The second kappa shape index (κ2) is 8.11. The van der Waals surface area contributed by atoms with Gasteiger partial charge in [0.15, 0.2) is 11.5 Å². The summed E-state index contributed by atoms with van der Waals surface area (Å²) in [6, 6.07) is 5.11. The average Bonchev–Trinajstić information content (AvgIpc) is 3.20. The summed E-state index contributed by atoms with van der Waals surface area (Å²) in [4.78, 5) is 19.7. The number of nitriles is 1. The van der Waals surface area contributed by atoms with E-state index in [-0.39, 0.29) is 24.0 Å². The third-order valence-electron chi connectivity index (χ3n) is 5.85. The lowest BCUT2D eigenvalue weighted by Gasteiger charge is -2.32. The molecule has 0 aliphatic heterocycles. The maximum Gasteiger partial charge on any atom is 0.415 e. The van der Waals surface area contributed by atoms with Gasteiger partial charge in [0, 0.05) is 36.1 Å². The lowest BCUT2D eigenvalue weighted by Crippen LogP contribution is -2.33. The van der Waals surface area contributed by atoms with Crippen LogP contribution in [0.3, 0.4) is 0 Å². The fraction of sp³-hybridized carbons (Fsp3) is 0.476. The van der Waals surface area contributed by atoms with E-state index in [0.29, 0.717) is 11.0 Å². The number of hydrogen-bond acceptors (Lipinski definition) is 4. The Hall–Kier alpha value is -2.86. The third-order valence-corrected chi connectivity index (χ3v) is 5.85. The maximum absolute atomic E-state index is 12.9. The summed E-state index contributed by atoms with van der Waals surface area (Å²) in [5.41, 5.74) is 1.45. The second-order valence-electron chi connectivity index (χ2n) is 7.75. The van der Waals surface area contributed by atoms with Crippen molar-refractivity contribution in [3.05, 3.63) is 40.9 Å². The first kappa shape index (κ1) is 20.4. The molecule has 0 bridgehead atoms. The summed E-state index contributed by atoms with van der Waals surface area (Å²) in [6.07, 6.45) is 0.895. The van der Waals surface area contributed by atoms with E-state index in [1.165, 1.54) is 6.07 Å². The molecule has 1 N–H and O–H groups in total. The van der Waals surface area contributed by atoms with E-state index in [9.17, 15) is 18.0 Å². The Kier molecular flexibility index (Phi) is 5.52. The van der Waals surface area contributed by atoms with Gasteiger partial charge in [-0.3, -0.25) is 4.79 Å². The molecule has 1 fully saturated rings. The molecule has 1 saturated carbocycles. The van der Waals surface area contributed by atoms with E-state index in [2.05, 4.69) is 14.5 Å². The molecule has 1 unspecified atom stereocenters. The van der Waals surface area contributed by atoms with Gasteiger partial charge in [0.1, 0.15) is 5.65 Å². The lowest BCUT2D eigenvalue weighted by atomic mass is 9.86. The number of aromatic nitrogens is 3. The van der Waals surface area contributed by atoms with Gasteiger partial charge >= 0.3 is 6.18 Å². The van der Waals surface area contributed by atoms with Crippen LogP contribution in [0.25, 0.3) is 21.9 Å². The van der Waals surface area contributed by atoms with Crippen LogP contribution in [0.15, 0.2) is 35.5 Å². The molecule has 1 aliphatic rings. The second-order valence-corrected chi connectivity index (χ2v) is 7.75. The molecular weight excluding hydrogens is 397 g/mol. The fourth-order valence-corrected chi connectivity index (χ4v) is 4.26. The van der Waals surface area contributed by atoms with Gasteiger partial charge in [0.2, 0.25) is 0 Å². The van der Waals surface area contributed by atoms with Crippen molar-refractivity contribution in [3.8, 4) is 6.07 Å². The first-order chi connectivity index (χ1) is 14.4. The Morgan fingerprint density at radius 2 is 2.03 bits per heavy atom. The summed E-state index contributed by atoms with van der Waals surface area (Å²) >= 11 is 0. The van der Waals surface area contributed by atoms with Crippen molar-refractivity contribution in [1.82, 2.24) is 14.5 Å². The number of hydrogen-bond donors (Lipinski definition) is 1. The van der Waals surface area contributed by atoms with Crippen molar-refractivity contribution in [2.75, 3.05) is 6.61 Å². The lowest BCUT2D eigenvalue weighted by molar-refractivity contribution is -0.222. The average molecular weight is 418 g/mol. The van der Waals surface area contributed by atoms with E-state index in [1.54, 1.807) is 24.7 Å². The minimum Gasteiger partial charge on any atom is -0.367 e. The molecule has 30 heavy (non-hydrogen) atoms. The molecule has 0 spiro atoms. The van der Waals surface area contributed by atoms with E-state index >= 15 is 0 Å². The van der Waals surface area contributed by atoms with Crippen LogP contribution < -0.4 is 5.43 Å². The van der Waals surface area contributed by atoms with Crippen LogP contribution >= 0.6 is 0 Å². The number of alkyl halides is 3. The van der Waals surface area contributed by atoms with Gasteiger partial charge < -0.3 is 14.3 Å². The standard InChI is InChI=1S/C21H21F3N4O2/c22-21(23,24)18(5-8-25)30-12-13-1-3-14(4-2-13)28-10-7-17(29)16-11-27-20-15(19(16)28)6-9-26-20/h6-7,9-11,13-14,18H,1-5,12H2,(H,26,27)/t13-,14-,18?. The highest BCUT2D eigenvalue weighted by Gasteiger charge is 2.41. The monoisotopic (exact) mass is 418 g/mol. The summed E-state index contributed by atoms with van der Waals surface area (Å²) in [5.74, 6) is 0.0179. The Labute approximate surface area is 170 Å². The van der Waals surface area contributed by atoms with Crippen LogP contribution in [-0.4, -0.2) is 33.4 Å². The van der Waals surface area contributed by atoms with E-state index in [4.69, 9.17) is 10.00 Å². The molecule has 1 atom stereocenters. The first-order valence-corrected chi connectivity index (χ1v) is 9.90. The predicted molar refractivity (Wildman–Crippen MR) is 105 cm³/mol. The zero-order valence-corrected chi connectivity index (χ0v) is 16.2. The molecular formula is C21H21F3N4O2. The molecule has 9 heteroatoms. The summed E-state index contributed by atoms with van der Waals surface area (Å²) in [6.45, 7) is -0.00450. The van der Waals surface area contributed by atoms with Crippen LogP contribution in [0, 0.1) is 17.2 Å². The first-order valence-electron chi connectivity index (χ1n) is 9.90. The number of fused-ring (bicyclic) bond motifs is 3. The number of ether oxygens (including phenoxy) is 1. The van der Waals surface area contributed by atoms with E-state index in [0.717, 1.165) is 36.6 Å². The van der Waals surface area contributed by atoms with Crippen molar-refractivity contribution in [2.24, 2.45) is 5.92 Å². The SMILES string of the molecule is N#CCC(OC[C@H]1CC[C@H](n2ccc(=O)c3cnc4[nH]ccc4c32)CC1)C(F)(F)F. The molecule has 3 heterocycles. The topological polar surface area (TPSA) is 83.7 Å². The molecule has 0 radical (unpaired) electrons. The highest BCUT2D eigenvalue weighted by atomic mass is 19.4. The minimum atomic E-state index is -4.53.